The number of nitrogens with one attached hydrogen (secondary N) is 13. The standard InChI is InChI=1S/C64H90N18O23/c1-31(2)52(67)62(103)80-44(30-87)57(98)73-37(21-48(66)89)55(96)77-41(27-84)56(97)72-36(20-47(65)88)54(95)75-39(19-33-22-68-35-13-7-6-12-34(33)35)64(105)82-17-9-15-46(82)61(102)78-42(28-85)58(99)74-38(18-32-10-4-3-5-11-32)63(104)81-16-8-14-45(81)60(101)79-43(29-86)59(100)76-40(26-83)53(94)71-24-50(91)69-23-49(90)70-25-51(92)93/h3-7,10-13,22,31,36-46,52,68,83-87H,8-9,14-21,23-30,67H2,1-2H3,(H2,65,88)(H2,66,89)(H,69,91)(H,70,90)(H,71,94)(H,72,97)(H,73,98)(H,74,99)(H,75,95)(H,76,100)(H,77,96)(H,78,102)(H,79,101)(H,80,103)(H,92,93)/t36-,37-,38-,39-,40-,41-,42-,43-,44-,45-,46-,52-/m0/s1. The van der Waals surface area contributed by atoms with Gasteiger partial charge in [-0.25, -0.2) is 0 Å². The number of aromatic nitrogens is 1. The lowest BCUT2D eigenvalue weighted by molar-refractivity contribution is -0.144. The molecule has 0 saturated carbocycles. The van der Waals surface area contributed by atoms with Crippen LogP contribution in [0.3, 0.4) is 0 Å². The van der Waals surface area contributed by atoms with Crippen molar-refractivity contribution in [1.82, 2.24) is 78.6 Å². The number of nitrogens with zero attached hydrogens (tertiary/aromatic N) is 2. The number of fused-ring (bicyclic) bond motifs is 1. The molecule has 2 fully saturated rings. The number of carboxylic acid groups (broad SMARTS) is 1. The van der Waals surface area contributed by atoms with Crippen LogP contribution in [-0.4, -0.2) is 284 Å². The van der Waals surface area contributed by atoms with Crippen LogP contribution in [0.15, 0.2) is 60.8 Å². The van der Waals surface area contributed by atoms with E-state index < -0.39 is 244 Å². The monoisotopic (exact) mass is 1480 g/mol. The molecular weight excluding hydrogens is 1390 g/mol. The minimum atomic E-state index is -2.02. The Hall–Kier alpha value is -11.3. The second-order valence-corrected chi connectivity index (χ2v) is 24.9. The SMILES string of the molecule is CC(C)[C@H](N)C(=O)N[C@@H](CO)C(=O)N[C@@H](CC(N)=O)C(=O)N[C@@H](CO)C(=O)N[C@@H](CC(N)=O)C(=O)N[C@@H](Cc1c[nH]c2ccccc12)C(=O)N1CCC[C@H]1C(=O)N[C@@H](CO)C(=O)N[C@@H](Cc1ccccc1)C(=O)N1CCC[C@H]1C(=O)N[C@@H](CO)C(=O)N[C@@H](CO)C(=O)NCC(=O)NCC(=O)NCC(=O)O. The zero-order valence-corrected chi connectivity index (χ0v) is 57.3. The van der Waals surface area contributed by atoms with Crippen LogP contribution in [0.5, 0.6) is 0 Å². The van der Waals surface area contributed by atoms with Gasteiger partial charge in [-0.1, -0.05) is 62.4 Å². The van der Waals surface area contributed by atoms with Gasteiger partial charge in [0, 0.05) is 43.0 Å². The minimum absolute atomic E-state index is 0.00822. The first-order valence-corrected chi connectivity index (χ1v) is 33.2. The molecule has 41 nitrogen and oxygen atoms in total. The van der Waals surface area contributed by atoms with Crippen LogP contribution in [0.1, 0.15) is 63.5 Å². The van der Waals surface area contributed by atoms with E-state index in [1.165, 1.54) is 6.20 Å². The van der Waals surface area contributed by atoms with Crippen molar-refractivity contribution in [2.24, 2.45) is 23.1 Å². The first-order chi connectivity index (χ1) is 49.8. The molecule has 0 spiro atoms. The predicted octanol–water partition coefficient (Wildman–Crippen LogP) is -11.6. The van der Waals surface area contributed by atoms with Crippen LogP contribution in [-0.2, 0) is 94.3 Å². The van der Waals surface area contributed by atoms with Crippen molar-refractivity contribution >= 4 is 111 Å². The van der Waals surface area contributed by atoms with Crippen molar-refractivity contribution in [2.75, 3.05) is 65.8 Å². The summed E-state index contributed by atoms with van der Waals surface area (Å²) in [6.45, 7) is -4.61. The van der Waals surface area contributed by atoms with Crippen LogP contribution in [0.25, 0.3) is 10.9 Å². The number of hydrogen-bond acceptors (Lipinski definition) is 23. The molecule has 2 aliphatic rings. The number of amides is 16. The summed E-state index contributed by atoms with van der Waals surface area (Å²) in [7, 11) is 0. The van der Waals surface area contributed by atoms with E-state index in [0.717, 1.165) is 9.80 Å². The number of primary amides is 2. The Morgan fingerprint density at radius 2 is 0.829 bits per heavy atom. The molecule has 2 aromatic carbocycles. The summed E-state index contributed by atoms with van der Waals surface area (Å²) in [6.07, 6.45) is -0.622. The Bertz CT molecular complexity index is 3650. The molecule has 2 saturated heterocycles. The van der Waals surface area contributed by atoms with Gasteiger partial charge in [0.25, 0.3) is 0 Å². The molecule has 105 heavy (non-hydrogen) atoms. The number of H-pyrrole nitrogens is 1. The van der Waals surface area contributed by atoms with Crippen molar-refractivity contribution in [3.05, 3.63) is 71.9 Å². The predicted molar refractivity (Wildman–Crippen MR) is 362 cm³/mol. The van der Waals surface area contributed by atoms with E-state index in [2.05, 4.69) is 63.5 Å². The van der Waals surface area contributed by atoms with Crippen LogP contribution in [0, 0.1) is 5.92 Å². The lowest BCUT2D eigenvalue weighted by Gasteiger charge is -2.31. The fourth-order valence-electron chi connectivity index (χ4n) is 11.1. The molecule has 1 aromatic heterocycles. The molecule has 0 unspecified atom stereocenters. The number of aliphatic carboxylic acids is 1. The fraction of sp³-hybridized carbons (Fsp3) is 0.516. The maximum Gasteiger partial charge on any atom is 0.322 e. The summed E-state index contributed by atoms with van der Waals surface area (Å²) < 4.78 is 0. The van der Waals surface area contributed by atoms with Crippen LogP contribution >= 0.6 is 0 Å². The highest BCUT2D eigenvalue weighted by Crippen LogP contribution is 2.25. The van der Waals surface area contributed by atoms with Gasteiger partial charge >= 0.3 is 5.97 Å². The number of hydrogen-bond donors (Lipinski definition) is 22. The summed E-state index contributed by atoms with van der Waals surface area (Å²) in [5.74, 6) is -19.0. The van der Waals surface area contributed by atoms with Crippen LogP contribution in [0.4, 0.5) is 0 Å². The first kappa shape index (κ1) is 84.4. The van der Waals surface area contributed by atoms with Gasteiger partial charge in [0.2, 0.25) is 94.5 Å². The second-order valence-electron chi connectivity index (χ2n) is 24.9. The van der Waals surface area contributed by atoms with Gasteiger partial charge in [-0.2, -0.15) is 0 Å². The van der Waals surface area contributed by atoms with E-state index >= 15 is 4.79 Å². The van der Waals surface area contributed by atoms with Gasteiger partial charge in [-0.15, -0.1) is 0 Å². The molecule has 12 atom stereocenters. The summed E-state index contributed by atoms with van der Waals surface area (Å²) in [6, 6.07) is -5.10. The lowest BCUT2D eigenvalue weighted by Crippen LogP contribution is -2.62. The number of aliphatic hydroxyl groups excluding tert-OH is 5. The molecular formula is C64H90N18O23. The van der Waals surface area contributed by atoms with Gasteiger partial charge in [0.1, 0.15) is 73.0 Å². The molecule has 25 N–H and O–H groups in total. The van der Waals surface area contributed by atoms with E-state index in [1.807, 2.05) is 5.32 Å². The summed E-state index contributed by atoms with van der Waals surface area (Å²) in [5, 5.41) is 87.2. The molecule has 0 bridgehead atoms. The largest absolute Gasteiger partial charge is 0.480 e. The van der Waals surface area contributed by atoms with Gasteiger partial charge in [-0.05, 0) is 48.8 Å². The number of carbonyl (C=O) groups is 17. The van der Waals surface area contributed by atoms with Crippen LogP contribution in [0.2, 0.25) is 0 Å². The molecule has 574 valence electrons. The average molecular weight is 1480 g/mol. The molecule has 41 heteroatoms. The third-order valence-corrected chi connectivity index (χ3v) is 16.8. The average Bonchev–Trinajstić information content (AvgIpc) is 1.70. The molecule has 5 rings (SSSR count). The molecule has 0 radical (unpaired) electrons. The Morgan fingerprint density at radius 3 is 1.27 bits per heavy atom. The number of aromatic amines is 1. The van der Waals surface area contributed by atoms with Crippen molar-refractivity contribution in [1.29, 1.82) is 0 Å². The van der Waals surface area contributed by atoms with Crippen molar-refractivity contribution < 1.29 is 112 Å². The van der Waals surface area contributed by atoms with Crippen LogP contribution < -0.4 is 81.0 Å². The third-order valence-electron chi connectivity index (χ3n) is 16.8. The maximum atomic E-state index is 15.0. The van der Waals surface area contributed by atoms with Gasteiger partial charge < -0.3 is 126 Å². The second kappa shape index (κ2) is 41.1. The number of para-hydroxylation sites is 1. The summed E-state index contributed by atoms with van der Waals surface area (Å²) >= 11 is 0. The quantitative estimate of drug-likeness (QED) is 0.0251. The highest BCUT2D eigenvalue weighted by Gasteiger charge is 2.43. The molecule has 3 heterocycles. The first-order valence-electron chi connectivity index (χ1n) is 33.2. The lowest BCUT2D eigenvalue weighted by atomic mass is 10.0. The summed E-state index contributed by atoms with van der Waals surface area (Å²) in [5.41, 5.74) is 18.2. The molecule has 16 amide bonds. The van der Waals surface area contributed by atoms with E-state index in [1.54, 1.807) is 68.4 Å². The Kier molecular flexibility index (Phi) is 33.1. The normalized spacial score (nSPS) is 16.8. The number of carboxylic acids is 1. The number of nitrogens with two attached hydrogens (primary N) is 3. The number of aliphatic hydroxyl groups is 5. The zero-order chi connectivity index (χ0) is 77.8. The third kappa shape index (κ3) is 25.3. The number of rotatable bonds is 41. The Labute approximate surface area is 598 Å². The van der Waals surface area contributed by atoms with E-state index in [-0.39, 0.29) is 51.6 Å². The van der Waals surface area contributed by atoms with Gasteiger partial charge in [0.15, 0.2) is 0 Å². The summed E-state index contributed by atoms with van der Waals surface area (Å²) in [4.78, 5) is 231. The minimum Gasteiger partial charge on any atom is -0.480 e. The van der Waals surface area contributed by atoms with Crippen molar-refractivity contribution in [3.8, 4) is 0 Å². The number of likely N-dealkylation sites (tertiary alicyclic amines) is 2. The van der Waals surface area contributed by atoms with E-state index in [0.29, 0.717) is 22.0 Å². The van der Waals surface area contributed by atoms with Crippen molar-refractivity contribution in [2.45, 2.75) is 138 Å². The molecule has 3 aromatic rings. The Balaban J connectivity index is 1.30. The highest BCUT2D eigenvalue weighted by molar-refractivity contribution is 6.02. The van der Waals surface area contributed by atoms with Gasteiger partial charge in [-0.3, -0.25) is 81.5 Å². The smallest absolute Gasteiger partial charge is 0.322 e. The number of benzene rings is 2. The Morgan fingerprint density at radius 1 is 0.457 bits per heavy atom. The maximum absolute atomic E-state index is 15.0. The van der Waals surface area contributed by atoms with E-state index in [9.17, 15) is 102 Å². The van der Waals surface area contributed by atoms with E-state index in [4.69, 9.17) is 22.3 Å². The fourth-order valence-corrected chi connectivity index (χ4v) is 11.1. The van der Waals surface area contributed by atoms with Gasteiger partial charge in [0.05, 0.1) is 65.0 Å². The molecule has 0 aliphatic carbocycles. The highest BCUT2D eigenvalue weighted by atomic mass is 16.4. The topological polar surface area (TPSA) is 656 Å². The molecule has 2 aliphatic heterocycles. The zero-order valence-electron chi connectivity index (χ0n) is 57.3. The number of carbonyl (C=O) groups excluding carboxylic acids is 16. The van der Waals surface area contributed by atoms with Crippen molar-refractivity contribution in [3.63, 3.8) is 0 Å².